The van der Waals surface area contributed by atoms with Gasteiger partial charge in [-0.25, -0.2) is 5.43 Å². The molecule has 0 radical (unpaired) electrons. The van der Waals surface area contributed by atoms with Gasteiger partial charge in [-0.3, -0.25) is 4.79 Å². The minimum Gasteiger partial charge on any atom is -0.394 e. The van der Waals surface area contributed by atoms with E-state index in [1.54, 1.807) is 12.1 Å². The van der Waals surface area contributed by atoms with Crippen LogP contribution in [0, 0.1) is 0 Å². The quantitative estimate of drug-likeness (QED) is 0.229. The molecule has 0 aliphatic carbocycles. The van der Waals surface area contributed by atoms with E-state index in [0.29, 0.717) is 5.56 Å². The molecule has 1 aromatic carbocycles. The molecule has 24 heavy (non-hydrogen) atoms. The van der Waals surface area contributed by atoms with Crippen molar-refractivity contribution in [3.8, 4) is 0 Å². The van der Waals surface area contributed by atoms with Crippen molar-refractivity contribution in [1.82, 2.24) is 5.43 Å². The molecular formula is C15H23N3O6. The summed E-state index contributed by atoms with van der Waals surface area (Å²) in [5.41, 5.74) is 3.71. The van der Waals surface area contributed by atoms with Gasteiger partial charge in [0.2, 0.25) is 0 Å². The van der Waals surface area contributed by atoms with Crippen LogP contribution in [0.3, 0.4) is 0 Å². The van der Waals surface area contributed by atoms with Gasteiger partial charge in [0.1, 0.15) is 18.3 Å². The van der Waals surface area contributed by atoms with E-state index in [9.17, 15) is 25.2 Å². The zero-order valence-corrected chi connectivity index (χ0v) is 13.4. The fraction of sp³-hybridized carbons (Fsp3) is 0.467. The largest absolute Gasteiger partial charge is 0.394 e. The van der Waals surface area contributed by atoms with Gasteiger partial charge in [-0.05, 0) is 17.7 Å². The molecule has 0 aliphatic heterocycles. The summed E-state index contributed by atoms with van der Waals surface area (Å²) in [5.74, 6) is -1.06. The van der Waals surface area contributed by atoms with E-state index >= 15 is 0 Å². The fourth-order valence-electron chi connectivity index (χ4n) is 1.77. The van der Waals surface area contributed by atoms with Gasteiger partial charge >= 0.3 is 0 Å². The van der Waals surface area contributed by atoms with Gasteiger partial charge in [-0.1, -0.05) is 12.1 Å². The molecule has 9 heteroatoms. The van der Waals surface area contributed by atoms with Crippen molar-refractivity contribution in [2.24, 2.45) is 5.10 Å². The lowest BCUT2D eigenvalue weighted by molar-refractivity contribution is -0.148. The van der Waals surface area contributed by atoms with Crippen LogP contribution in [0.1, 0.15) is 5.56 Å². The number of amides is 1. The fourth-order valence-corrected chi connectivity index (χ4v) is 1.77. The van der Waals surface area contributed by atoms with E-state index in [1.807, 2.05) is 36.6 Å². The second kappa shape index (κ2) is 9.30. The van der Waals surface area contributed by atoms with Crippen molar-refractivity contribution in [2.75, 3.05) is 25.6 Å². The van der Waals surface area contributed by atoms with Gasteiger partial charge in [0, 0.05) is 19.8 Å². The maximum Gasteiger partial charge on any atom is 0.271 e. The number of nitrogens with zero attached hydrogens (tertiary/aromatic N) is 2. The Labute approximate surface area is 139 Å². The summed E-state index contributed by atoms with van der Waals surface area (Å²) < 4.78 is 0. The molecule has 0 bridgehead atoms. The van der Waals surface area contributed by atoms with E-state index in [0.717, 1.165) is 5.69 Å². The summed E-state index contributed by atoms with van der Waals surface area (Å²) in [4.78, 5) is 13.6. The van der Waals surface area contributed by atoms with E-state index in [-0.39, 0.29) is 0 Å². The van der Waals surface area contributed by atoms with E-state index < -0.39 is 36.9 Å². The molecule has 1 aromatic rings. The Morgan fingerprint density at radius 3 is 2.25 bits per heavy atom. The lowest BCUT2D eigenvalue weighted by Gasteiger charge is -2.24. The van der Waals surface area contributed by atoms with Crippen LogP contribution in [0.2, 0.25) is 0 Å². The van der Waals surface area contributed by atoms with Crippen molar-refractivity contribution < 1.29 is 30.3 Å². The number of aliphatic hydroxyl groups is 5. The number of hydrogen-bond donors (Lipinski definition) is 6. The molecule has 0 aliphatic rings. The third-order valence-corrected chi connectivity index (χ3v) is 3.32. The van der Waals surface area contributed by atoms with Crippen LogP contribution in [0.4, 0.5) is 5.69 Å². The monoisotopic (exact) mass is 341 g/mol. The highest BCUT2D eigenvalue weighted by Gasteiger charge is 2.34. The highest BCUT2D eigenvalue weighted by atomic mass is 16.4. The second-order valence-electron chi connectivity index (χ2n) is 5.40. The summed E-state index contributed by atoms with van der Waals surface area (Å²) in [5, 5.41) is 50.1. The highest BCUT2D eigenvalue weighted by molar-refractivity contribution is 5.84. The maximum absolute atomic E-state index is 11.6. The SMILES string of the molecule is CN(C)c1ccc(/C=N\NC(=O)[C@@H](O)[C@H](O)[C@@H](O)[C@H](O)CO)cc1. The number of anilines is 1. The lowest BCUT2D eigenvalue weighted by Crippen LogP contribution is -2.50. The van der Waals surface area contributed by atoms with Crippen molar-refractivity contribution in [3.63, 3.8) is 0 Å². The standard InChI is InChI=1S/C15H23N3O6/c1-18(2)10-5-3-9(4-6-10)7-16-17-15(24)14(23)13(22)12(21)11(20)8-19/h3-7,11-14,19-23H,8H2,1-2H3,(H,17,24)/b16-7-/t11-,12+,13-,14+/m1/s1. The predicted octanol–water partition coefficient (Wildman–Crippen LogP) is -2.36. The Morgan fingerprint density at radius 1 is 1.17 bits per heavy atom. The molecule has 0 saturated heterocycles. The van der Waals surface area contributed by atoms with Gasteiger partial charge < -0.3 is 30.4 Å². The molecule has 1 rings (SSSR count). The highest BCUT2D eigenvalue weighted by Crippen LogP contribution is 2.11. The number of nitrogens with one attached hydrogen (secondary N) is 1. The van der Waals surface area contributed by atoms with Gasteiger partial charge in [-0.15, -0.1) is 0 Å². The second-order valence-corrected chi connectivity index (χ2v) is 5.40. The summed E-state index contributed by atoms with van der Waals surface area (Å²) in [6.07, 6.45) is -6.20. The van der Waals surface area contributed by atoms with Crippen molar-refractivity contribution >= 4 is 17.8 Å². The first kappa shape index (κ1) is 20.0. The van der Waals surface area contributed by atoms with Crippen LogP contribution >= 0.6 is 0 Å². The molecule has 4 atom stereocenters. The van der Waals surface area contributed by atoms with Gasteiger partial charge in [0.05, 0.1) is 12.8 Å². The number of carbonyl (C=O) groups is 1. The number of carbonyl (C=O) groups excluding carboxylic acids is 1. The number of benzene rings is 1. The molecule has 9 nitrogen and oxygen atoms in total. The van der Waals surface area contributed by atoms with Gasteiger partial charge in [0.25, 0.3) is 5.91 Å². The van der Waals surface area contributed by atoms with Crippen LogP contribution in [0.5, 0.6) is 0 Å². The Morgan fingerprint density at radius 2 is 1.75 bits per heavy atom. The van der Waals surface area contributed by atoms with E-state index in [2.05, 4.69) is 5.10 Å². The molecule has 1 amide bonds. The molecule has 6 N–H and O–H groups in total. The number of aliphatic hydroxyl groups excluding tert-OH is 5. The molecule has 0 unspecified atom stereocenters. The Hall–Kier alpha value is -2.04. The van der Waals surface area contributed by atoms with Crippen LogP contribution in [0.15, 0.2) is 29.4 Å². The van der Waals surface area contributed by atoms with Gasteiger partial charge in [0.15, 0.2) is 6.10 Å². The smallest absolute Gasteiger partial charge is 0.271 e. The molecule has 0 aromatic heterocycles. The summed E-state index contributed by atoms with van der Waals surface area (Å²) in [7, 11) is 3.80. The number of hydrazone groups is 1. The Bertz CT molecular complexity index is 549. The first-order valence-electron chi connectivity index (χ1n) is 7.21. The lowest BCUT2D eigenvalue weighted by atomic mass is 10.0. The first-order valence-corrected chi connectivity index (χ1v) is 7.21. The molecule has 0 fully saturated rings. The average molecular weight is 341 g/mol. The van der Waals surface area contributed by atoms with E-state index in [4.69, 9.17) is 5.11 Å². The topological polar surface area (TPSA) is 146 Å². The third kappa shape index (κ3) is 5.55. The minimum absolute atomic E-state index is 0.701. The summed E-state index contributed by atoms with van der Waals surface area (Å²) in [6.45, 7) is -0.826. The van der Waals surface area contributed by atoms with Crippen molar-refractivity contribution in [2.45, 2.75) is 24.4 Å². The zero-order chi connectivity index (χ0) is 18.3. The maximum atomic E-state index is 11.6. The van der Waals surface area contributed by atoms with Gasteiger partial charge in [-0.2, -0.15) is 5.10 Å². The number of rotatable bonds is 8. The Balaban J connectivity index is 2.58. The number of hydrogen-bond acceptors (Lipinski definition) is 8. The molecular weight excluding hydrogens is 318 g/mol. The molecule has 0 heterocycles. The zero-order valence-electron chi connectivity index (χ0n) is 13.4. The predicted molar refractivity (Wildman–Crippen MR) is 87.6 cm³/mol. The molecule has 134 valence electrons. The Kier molecular flexibility index (Phi) is 7.75. The summed E-state index contributed by atoms with van der Waals surface area (Å²) in [6, 6.07) is 7.26. The average Bonchev–Trinajstić information content (AvgIpc) is 2.59. The van der Waals surface area contributed by atoms with Crippen LogP contribution < -0.4 is 10.3 Å². The van der Waals surface area contributed by atoms with Crippen LogP contribution in [-0.2, 0) is 4.79 Å². The van der Waals surface area contributed by atoms with Crippen molar-refractivity contribution in [3.05, 3.63) is 29.8 Å². The molecule has 0 spiro atoms. The third-order valence-electron chi connectivity index (χ3n) is 3.32. The minimum atomic E-state index is -2.02. The summed E-state index contributed by atoms with van der Waals surface area (Å²) >= 11 is 0. The van der Waals surface area contributed by atoms with Crippen LogP contribution in [-0.4, -0.2) is 82.8 Å². The normalized spacial score (nSPS) is 16.5. The van der Waals surface area contributed by atoms with Crippen LogP contribution in [0.25, 0.3) is 0 Å². The first-order chi connectivity index (χ1) is 11.3. The molecule has 0 saturated carbocycles. The van der Waals surface area contributed by atoms with Crippen molar-refractivity contribution in [1.29, 1.82) is 0 Å². The van der Waals surface area contributed by atoms with E-state index in [1.165, 1.54) is 6.21 Å².